The number of carbonyl (C=O) groups is 2. The van der Waals surface area contributed by atoms with Crippen molar-refractivity contribution in [1.82, 2.24) is 4.90 Å². The monoisotopic (exact) mass is 320 g/mol. The molecule has 126 valence electrons. The number of esters is 1. The number of likely N-dealkylation sites (tertiary alicyclic amines) is 1. The molecule has 0 aliphatic carbocycles. The standard InChI is InChI=1S/C17H24N2O4/c1-17(2,3)23-16(21)19-10-8-12(9-11-19)15(20)22-14-7-5-4-6-13(14)18/h4-7,12H,8-11,18H2,1-3H3. The van der Waals surface area contributed by atoms with E-state index in [1.54, 1.807) is 29.2 Å². The van der Waals surface area contributed by atoms with Crippen molar-refractivity contribution in [2.45, 2.75) is 39.2 Å². The molecule has 1 amide bonds. The maximum absolute atomic E-state index is 12.2. The zero-order chi connectivity index (χ0) is 17.0. The summed E-state index contributed by atoms with van der Waals surface area (Å²) in [5, 5.41) is 0. The Morgan fingerprint density at radius 1 is 1.17 bits per heavy atom. The number of anilines is 1. The van der Waals surface area contributed by atoms with E-state index in [9.17, 15) is 9.59 Å². The van der Waals surface area contributed by atoms with Crippen molar-refractivity contribution in [3.63, 3.8) is 0 Å². The number of para-hydroxylation sites is 2. The summed E-state index contributed by atoms with van der Waals surface area (Å²) in [4.78, 5) is 25.8. The summed E-state index contributed by atoms with van der Waals surface area (Å²) in [6.45, 7) is 6.47. The van der Waals surface area contributed by atoms with E-state index in [1.165, 1.54) is 0 Å². The quantitative estimate of drug-likeness (QED) is 0.515. The van der Waals surface area contributed by atoms with E-state index in [0.717, 1.165) is 0 Å². The Hall–Kier alpha value is -2.24. The van der Waals surface area contributed by atoms with Gasteiger partial charge in [-0.2, -0.15) is 0 Å². The average molecular weight is 320 g/mol. The molecule has 1 aliphatic rings. The number of hydrogen-bond acceptors (Lipinski definition) is 5. The van der Waals surface area contributed by atoms with Crippen molar-refractivity contribution in [2.24, 2.45) is 5.92 Å². The molecule has 0 atom stereocenters. The van der Waals surface area contributed by atoms with Gasteiger partial charge >= 0.3 is 12.1 Å². The number of amides is 1. The van der Waals surface area contributed by atoms with Crippen molar-refractivity contribution in [3.8, 4) is 5.75 Å². The normalized spacial score (nSPS) is 16.0. The number of nitrogens with two attached hydrogens (primary N) is 1. The molecular formula is C17H24N2O4. The third-order valence-electron chi connectivity index (χ3n) is 3.61. The number of benzene rings is 1. The van der Waals surface area contributed by atoms with Crippen molar-refractivity contribution in [2.75, 3.05) is 18.8 Å². The lowest BCUT2D eigenvalue weighted by atomic mass is 9.97. The molecule has 0 radical (unpaired) electrons. The molecule has 23 heavy (non-hydrogen) atoms. The molecule has 2 rings (SSSR count). The molecule has 1 saturated heterocycles. The van der Waals surface area contributed by atoms with Gasteiger partial charge in [0.1, 0.15) is 5.60 Å². The van der Waals surface area contributed by atoms with Gasteiger partial charge in [0.05, 0.1) is 11.6 Å². The van der Waals surface area contributed by atoms with Crippen LogP contribution >= 0.6 is 0 Å². The van der Waals surface area contributed by atoms with Crippen LogP contribution < -0.4 is 10.5 Å². The van der Waals surface area contributed by atoms with Gasteiger partial charge in [0.15, 0.2) is 5.75 Å². The second-order valence-corrected chi connectivity index (χ2v) is 6.70. The Morgan fingerprint density at radius 2 is 1.78 bits per heavy atom. The average Bonchev–Trinajstić information content (AvgIpc) is 2.48. The van der Waals surface area contributed by atoms with Crippen LogP contribution in [0, 0.1) is 5.92 Å². The van der Waals surface area contributed by atoms with Crippen molar-refractivity contribution in [1.29, 1.82) is 0 Å². The highest BCUT2D eigenvalue weighted by Gasteiger charge is 2.31. The molecule has 6 nitrogen and oxygen atoms in total. The highest BCUT2D eigenvalue weighted by molar-refractivity contribution is 5.77. The van der Waals surface area contributed by atoms with Gasteiger partial charge in [0.25, 0.3) is 0 Å². The molecule has 2 N–H and O–H groups in total. The first kappa shape index (κ1) is 17.1. The summed E-state index contributed by atoms with van der Waals surface area (Å²) in [5.74, 6) is -0.146. The van der Waals surface area contributed by atoms with E-state index >= 15 is 0 Å². The zero-order valence-electron chi connectivity index (χ0n) is 13.9. The second kappa shape index (κ2) is 6.89. The maximum Gasteiger partial charge on any atom is 0.410 e. The fraction of sp³-hybridized carbons (Fsp3) is 0.529. The number of piperidine rings is 1. The molecule has 1 aromatic carbocycles. The number of carbonyl (C=O) groups excluding carboxylic acids is 2. The first-order valence-corrected chi connectivity index (χ1v) is 7.80. The van der Waals surface area contributed by atoms with Crippen LogP contribution in [0.5, 0.6) is 5.75 Å². The largest absolute Gasteiger partial charge is 0.444 e. The molecule has 0 unspecified atom stereocenters. The van der Waals surface area contributed by atoms with Gasteiger partial charge in [-0.15, -0.1) is 0 Å². The van der Waals surface area contributed by atoms with Crippen LogP contribution in [-0.4, -0.2) is 35.7 Å². The van der Waals surface area contributed by atoms with Crippen LogP contribution in [0.25, 0.3) is 0 Å². The highest BCUT2D eigenvalue weighted by Crippen LogP contribution is 2.25. The Morgan fingerprint density at radius 3 is 2.35 bits per heavy atom. The molecular weight excluding hydrogens is 296 g/mol. The van der Waals surface area contributed by atoms with Gasteiger partial charge in [-0.25, -0.2) is 4.79 Å². The lowest BCUT2D eigenvalue weighted by molar-refractivity contribution is -0.140. The third kappa shape index (κ3) is 4.87. The highest BCUT2D eigenvalue weighted by atomic mass is 16.6. The van der Waals surface area contributed by atoms with E-state index in [2.05, 4.69) is 0 Å². The summed E-state index contributed by atoms with van der Waals surface area (Å²) < 4.78 is 10.7. The van der Waals surface area contributed by atoms with E-state index in [0.29, 0.717) is 37.4 Å². The minimum atomic E-state index is -0.516. The molecule has 1 heterocycles. The number of hydrogen-bond donors (Lipinski definition) is 1. The second-order valence-electron chi connectivity index (χ2n) is 6.70. The molecule has 1 aliphatic heterocycles. The lowest BCUT2D eigenvalue weighted by Gasteiger charge is -2.32. The van der Waals surface area contributed by atoms with Gasteiger partial charge in [-0.3, -0.25) is 4.79 Å². The number of nitrogen functional groups attached to an aromatic ring is 1. The Balaban J connectivity index is 1.85. The van der Waals surface area contributed by atoms with Gasteiger partial charge in [-0.05, 0) is 45.7 Å². The molecule has 0 bridgehead atoms. The fourth-order valence-corrected chi connectivity index (χ4v) is 2.39. The SMILES string of the molecule is CC(C)(C)OC(=O)N1CCC(C(=O)Oc2ccccc2N)CC1. The predicted molar refractivity (Wildman–Crippen MR) is 87.0 cm³/mol. The van der Waals surface area contributed by atoms with Gasteiger partial charge in [0, 0.05) is 13.1 Å². The predicted octanol–water partition coefficient (Wildman–Crippen LogP) is 2.82. The van der Waals surface area contributed by atoms with Gasteiger partial charge in [-0.1, -0.05) is 12.1 Å². The zero-order valence-corrected chi connectivity index (χ0v) is 13.9. The van der Waals surface area contributed by atoms with Crippen LogP contribution in [-0.2, 0) is 9.53 Å². The van der Waals surface area contributed by atoms with Crippen molar-refractivity contribution < 1.29 is 19.1 Å². The van der Waals surface area contributed by atoms with Crippen LogP contribution in [0.3, 0.4) is 0 Å². The summed E-state index contributed by atoms with van der Waals surface area (Å²) in [5.41, 5.74) is 5.69. The van der Waals surface area contributed by atoms with E-state index in [4.69, 9.17) is 15.2 Å². The minimum absolute atomic E-state index is 0.228. The molecule has 0 saturated carbocycles. The van der Waals surface area contributed by atoms with E-state index in [-0.39, 0.29) is 18.0 Å². The van der Waals surface area contributed by atoms with Crippen LogP contribution in [0.1, 0.15) is 33.6 Å². The summed E-state index contributed by atoms with van der Waals surface area (Å²) in [6, 6.07) is 6.91. The fourth-order valence-electron chi connectivity index (χ4n) is 2.39. The van der Waals surface area contributed by atoms with Crippen molar-refractivity contribution >= 4 is 17.7 Å². The first-order chi connectivity index (χ1) is 10.8. The summed E-state index contributed by atoms with van der Waals surface area (Å²) in [6.07, 6.45) is 0.784. The van der Waals surface area contributed by atoms with Crippen LogP contribution in [0.15, 0.2) is 24.3 Å². The van der Waals surface area contributed by atoms with E-state index < -0.39 is 5.60 Å². The Labute approximate surface area is 136 Å². The summed E-state index contributed by atoms with van der Waals surface area (Å²) >= 11 is 0. The molecule has 0 spiro atoms. The van der Waals surface area contributed by atoms with Gasteiger partial charge < -0.3 is 20.1 Å². The lowest BCUT2D eigenvalue weighted by Crippen LogP contribution is -2.43. The van der Waals surface area contributed by atoms with E-state index in [1.807, 2.05) is 20.8 Å². The topological polar surface area (TPSA) is 81.9 Å². The number of rotatable bonds is 2. The number of nitrogens with zero attached hydrogens (tertiary/aromatic N) is 1. The third-order valence-corrected chi connectivity index (χ3v) is 3.61. The minimum Gasteiger partial charge on any atom is -0.444 e. The molecule has 1 fully saturated rings. The molecule has 6 heteroatoms. The maximum atomic E-state index is 12.2. The summed E-state index contributed by atoms with van der Waals surface area (Å²) in [7, 11) is 0. The van der Waals surface area contributed by atoms with Crippen molar-refractivity contribution in [3.05, 3.63) is 24.3 Å². The number of ether oxygens (including phenoxy) is 2. The Kier molecular flexibility index (Phi) is 5.13. The van der Waals surface area contributed by atoms with Crippen LogP contribution in [0.4, 0.5) is 10.5 Å². The van der Waals surface area contributed by atoms with Gasteiger partial charge in [0.2, 0.25) is 0 Å². The molecule has 1 aromatic rings. The Bertz CT molecular complexity index is 572. The smallest absolute Gasteiger partial charge is 0.410 e. The molecule has 0 aromatic heterocycles. The first-order valence-electron chi connectivity index (χ1n) is 7.80. The van der Waals surface area contributed by atoms with Crippen LogP contribution in [0.2, 0.25) is 0 Å².